The average molecular weight is 311 g/mol. The summed E-state index contributed by atoms with van der Waals surface area (Å²) >= 11 is 11.8. The molecule has 0 saturated carbocycles. The molecule has 2 aromatic rings. The van der Waals surface area contributed by atoms with Gasteiger partial charge in [-0.3, -0.25) is 4.79 Å². The minimum absolute atomic E-state index is 0.0719. The lowest BCUT2D eigenvalue weighted by Gasteiger charge is -2.10. The van der Waals surface area contributed by atoms with Crippen LogP contribution in [0.3, 0.4) is 0 Å². The summed E-state index contributed by atoms with van der Waals surface area (Å²) in [5.74, 6) is -0.337. The van der Waals surface area contributed by atoms with Gasteiger partial charge in [-0.1, -0.05) is 47.5 Å². The molecule has 1 N–H and O–H groups in total. The summed E-state index contributed by atoms with van der Waals surface area (Å²) in [7, 11) is 0. The van der Waals surface area contributed by atoms with Crippen molar-refractivity contribution in [1.82, 2.24) is 0 Å². The SMILES string of the molecule is O=C(O)Cc1ccccc1OCc1ccc(Cl)c(Cl)c1. The Bertz CT molecular complexity index is 626. The molecule has 2 rings (SSSR count). The monoisotopic (exact) mass is 310 g/mol. The molecule has 3 nitrogen and oxygen atoms in total. The Morgan fingerprint density at radius 1 is 1.10 bits per heavy atom. The van der Waals surface area contributed by atoms with E-state index in [1.165, 1.54) is 0 Å². The topological polar surface area (TPSA) is 46.5 Å². The predicted molar refractivity (Wildman–Crippen MR) is 78.6 cm³/mol. The van der Waals surface area contributed by atoms with Crippen LogP contribution >= 0.6 is 23.2 Å². The van der Waals surface area contributed by atoms with Crippen molar-refractivity contribution >= 4 is 29.2 Å². The van der Waals surface area contributed by atoms with Crippen LogP contribution in [0.5, 0.6) is 5.75 Å². The molecule has 0 heterocycles. The van der Waals surface area contributed by atoms with Gasteiger partial charge < -0.3 is 9.84 Å². The molecular weight excluding hydrogens is 299 g/mol. The lowest BCUT2D eigenvalue weighted by Crippen LogP contribution is -2.04. The minimum atomic E-state index is -0.893. The molecule has 20 heavy (non-hydrogen) atoms. The zero-order valence-corrected chi connectivity index (χ0v) is 12.0. The highest BCUT2D eigenvalue weighted by molar-refractivity contribution is 6.42. The first-order chi connectivity index (χ1) is 9.56. The molecule has 0 amide bonds. The molecule has 5 heteroatoms. The van der Waals surface area contributed by atoms with E-state index in [0.29, 0.717) is 28.0 Å². The number of carboxylic acids is 1. The van der Waals surface area contributed by atoms with Crippen molar-refractivity contribution in [2.24, 2.45) is 0 Å². The second-order valence-corrected chi connectivity index (χ2v) is 5.03. The van der Waals surface area contributed by atoms with Crippen LogP contribution in [-0.4, -0.2) is 11.1 Å². The second kappa shape index (κ2) is 6.64. The van der Waals surface area contributed by atoms with E-state index in [1.807, 2.05) is 6.07 Å². The molecule has 0 radical (unpaired) electrons. The third-order valence-corrected chi connectivity index (χ3v) is 3.43. The van der Waals surface area contributed by atoms with Crippen molar-refractivity contribution in [1.29, 1.82) is 0 Å². The van der Waals surface area contributed by atoms with Gasteiger partial charge in [-0.2, -0.15) is 0 Å². The Hall–Kier alpha value is -1.71. The quantitative estimate of drug-likeness (QED) is 0.900. The maximum Gasteiger partial charge on any atom is 0.307 e. The average Bonchev–Trinajstić information content (AvgIpc) is 2.41. The fourth-order valence-corrected chi connectivity index (χ4v) is 2.06. The van der Waals surface area contributed by atoms with Gasteiger partial charge in [-0.15, -0.1) is 0 Å². The molecular formula is C15H12Cl2O3. The van der Waals surface area contributed by atoms with Crippen molar-refractivity contribution in [3.05, 3.63) is 63.6 Å². The van der Waals surface area contributed by atoms with Gasteiger partial charge in [0.25, 0.3) is 0 Å². The van der Waals surface area contributed by atoms with Crippen molar-refractivity contribution in [2.75, 3.05) is 0 Å². The lowest BCUT2D eigenvalue weighted by atomic mass is 10.1. The highest BCUT2D eigenvalue weighted by Gasteiger charge is 2.08. The highest BCUT2D eigenvalue weighted by Crippen LogP contribution is 2.24. The van der Waals surface area contributed by atoms with Gasteiger partial charge in [0, 0.05) is 5.56 Å². The number of aliphatic carboxylic acids is 1. The Kier molecular flexibility index (Phi) is 4.88. The normalized spacial score (nSPS) is 10.3. The summed E-state index contributed by atoms with van der Waals surface area (Å²) in [4.78, 5) is 10.8. The van der Waals surface area contributed by atoms with Crippen molar-refractivity contribution in [3.8, 4) is 5.75 Å². The molecule has 0 aromatic heterocycles. The summed E-state index contributed by atoms with van der Waals surface area (Å²) in [5, 5.41) is 9.81. The Balaban J connectivity index is 2.10. The predicted octanol–water partition coefficient (Wildman–Crippen LogP) is 4.20. The van der Waals surface area contributed by atoms with Gasteiger partial charge in [-0.05, 0) is 23.8 Å². The van der Waals surface area contributed by atoms with Crippen LogP contribution in [0.2, 0.25) is 10.0 Å². The molecule has 104 valence electrons. The van der Waals surface area contributed by atoms with E-state index in [0.717, 1.165) is 5.56 Å². The number of halogens is 2. The Morgan fingerprint density at radius 3 is 2.55 bits per heavy atom. The molecule has 0 aliphatic carbocycles. The summed E-state index contributed by atoms with van der Waals surface area (Å²) < 4.78 is 5.65. The van der Waals surface area contributed by atoms with Gasteiger partial charge in [0.1, 0.15) is 12.4 Å². The number of hydrogen-bond acceptors (Lipinski definition) is 2. The van der Waals surface area contributed by atoms with Crippen LogP contribution in [0.1, 0.15) is 11.1 Å². The number of benzene rings is 2. The van der Waals surface area contributed by atoms with E-state index in [4.69, 9.17) is 33.0 Å². The Labute approximate surface area is 126 Å². The van der Waals surface area contributed by atoms with Crippen molar-refractivity contribution in [3.63, 3.8) is 0 Å². The van der Waals surface area contributed by atoms with E-state index in [9.17, 15) is 4.79 Å². The van der Waals surface area contributed by atoms with Crippen LogP contribution in [0, 0.1) is 0 Å². The molecule has 0 fully saturated rings. The van der Waals surface area contributed by atoms with Gasteiger partial charge >= 0.3 is 5.97 Å². The third-order valence-electron chi connectivity index (χ3n) is 2.69. The van der Waals surface area contributed by atoms with Gasteiger partial charge in [0.2, 0.25) is 0 Å². The largest absolute Gasteiger partial charge is 0.489 e. The van der Waals surface area contributed by atoms with Gasteiger partial charge in [-0.25, -0.2) is 0 Å². The van der Waals surface area contributed by atoms with Gasteiger partial charge in [0.05, 0.1) is 16.5 Å². The van der Waals surface area contributed by atoms with Crippen LogP contribution in [0.25, 0.3) is 0 Å². The number of hydrogen-bond donors (Lipinski definition) is 1. The molecule has 0 aliphatic rings. The van der Waals surface area contributed by atoms with Crippen molar-refractivity contribution < 1.29 is 14.6 Å². The molecule has 0 aliphatic heterocycles. The number of para-hydroxylation sites is 1. The first-order valence-electron chi connectivity index (χ1n) is 5.92. The summed E-state index contributed by atoms with van der Waals surface area (Å²) in [6.45, 7) is 0.299. The van der Waals surface area contributed by atoms with E-state index >= 15 is 0 Å². The fraction of sp³-hybridized carbons (Fsp3) is 0.133. The number of ether oxygens (including phenoxy) is 1. The van der Waals surface area contributed by atoms with Crippen LogP contribution < -0.4 is 4.74 Å². The van der Waals surface area contributed by atoms with E-state index in [2.05, 4.69) is 0 Å². The molecule has 0 bridgehead atoms. The molecule has 0 saturated heterocycles. The maximum atomic E-state index is 10.8. The van der Waals surface area contributed by atoms with Crippen molar-refractivity contribution in [2.45, 2.75) is 13.0 Å². The number of rotatable bonds is 5. The summed E-state index contributed by atoms with van der Waals surface area (Å²) in [6, 6.07) is 12.3. The first-order valence-corrected chi connectivity index (χ1v) is 6.68. The lowest BCUT2D eigenvalue weighted by molar-refractivity contribution is -0.136. The van der Waals surface area contributed by atoms with Crippen LogP contribution in [0.15, 0.2) is 42.5 Å². The Morgan fingerprint density at radius 2 is 1.85 bits per heavy atom. The van der Waals surface area contributed by atoms with E-state index in [1.54, 1.807) is 36.4 Å². The summed E-state index contributed by atoms with van der Waals surface area (Å²) in [5.41, 5.74) is 1.50. The maximum absolute atomic E-state index is 10.8. The van der Waals surface area contributed by atoms with Gasteiger partial charge in [0.15, 0.2) is 0 Å². The zero-order chi connectivity index (χ0) is 14.5. The number of carboxylic acid groups (broad SMARTS) is 1. The minimum Gasteiger partial charge on any atom is -0.489 e. The molecule has 0 unspecified atom stereocenters. The summed E-state index contributed by atoms with van der Waals surface area (Å²) in [6.07, 6.45) is -0.0719. The number of carbonyl (C=O) groups is 1. The molecule has 2 aromatic carbocycles. The van der Waals surface area contributed by atoms with Crippen LogP contribution in [0.4, 0.5) is 0 Å². The smallest absolute Gasteiger partial charge is 0.307 e. The standard InChI is InChI=1S/C15H12Cl2O3/c16-12-6-5-10(7-13(12)17)9-20-14-4-2-1-3-11(14)8-15(18)19/h1-7H,8-9H2,(H,18,19). The van der Waals surface area contributed by atoms with E-state index < -0.39 is 5.97 Å². The second-order valence-electron chi connectivity index (χ2n) is 4.22. The fourth-order valence-electron chi connectivity index (χ4n) is 1.74. The van der Waals surface area contributed by atoms with Crippen LogP contribution in [-0.2, 0) is 17.8 Å². The highest BCUT2D eigenvalue weighted by atomic mass is 35.5. The zero-order valence-electron chi connectivity index (χ0n) is 10.5. The third kappa shape index (κ3) is 3.89. The first kappa shape index (κ1) is 14.7. The molecule has 0 atom stereocenters. The van der Waals surface area contributed by atoms with E-state index in [-0.39, 0.29) is 6.42 Å². The molecule has 0 spiro atoms.